The summed E-state index contributed by atoms with van der Waals surface area (Å²) in [7, 11) is -3.96. The van der Waals surface area contributed by atoms with E-state index in [1.54, 1.807) is 0 Å². The highest BCUT2D eigenvalue weighted by atomic mass is 32.2. The molecule has 0 bridgehead atoms. The Bertz CT molecular complexity index is 611. The molecule has 0 saturated carbocycles. The smallest absolute Gasteiger partial charge is 0.294 e. The molecule has 0 heterocycles. The lowest BCUT2D eigenvalue weighted by Crippen LogP contribution is -2.11. The van der Waals surface area contributed by atoms with Crippen molar-refractivity contribution < 1.29 is 23.4 Å². The fraction of sp³-hybridized carbons (Fsp3) is 0.333. The Kier molecular flexibility index (Phi) is 4.51. The summed E-state index contributed by atoms with van der Waals surface area (Å²) < 4.78 is 23.6. The van der Waals surface area contributed by atoms with Gasteiger partial charge in [-0.1, -0.05) is 0 Å². The molecule has 19 heavy (non-hydrogen) atoms. The second-order valence-electron chi connectivity index (χ2n) is 3.56. The van der Waals surface area contributed by atoms with Crippen LogP contribution in [0.25, 0.3) is 0 Å². The Hall–Kier alpha value is -2.07. The molecule has 0 amide bonds. The molecule has 9 nitrogen and oxygen atoms in total. The van der Waals surface area contributed by atoms with E-state index in [0.29, 0.717) is 6.07 Å². The van der Waals surface area contributed by atoms with Gasteiger partial charge in [0.15, 0.2) is 9.84 Å². The first-order chi connectivity index (χ1) is 8.79. The van der Waals surface area contributed by atoms with E-state index in [9.17, 15) is 28.6 Å². The van der Waals surface area contributed by atoms with E-state index in [0.717, 1.165) is 12.1 Å². The van der Waals surface area contributed by atoms with Crippen LogP contribution >= 0.6 is 0 Å². The second kappa shape index (κ2) is 5.71. The summed E-state index contributed by atoms with van der Waals surface area (Å²) in [5.41, 5.74) is -1.40. The van der Waals surface area contributed by atoms with Crippen molar-refractivity contribution in [3.8, 4) is 0 Å². The molecule has 1 aromatic rings. The van der Waals surface area contributed by atoms with Crippen LogP contribution in [0.4, 0.5) is 11.4 Å². The maximum atomic E-state index is 11.8. The molecule has 1 rings (SSSR count). The molecule has 0 aliphatic carbocycles. The summed E-state index contributed by atoms with van der Waals surface area (Å²) in [6.45, 7) is -0.375. The van der Waals surface area contributed by atoms with Gasteiger partial charge in [0.1, 0.15) is 4.90 Å². The molecular formula is C9H10N2O7S. The van der Waals surface area contributed by atoms with E-state index in [-0.39, 0.29) is 13.0 Å². The first-order valence-electron chi connectivity index (χ1n) is 5.06. The lowest BCUT2D eigenvalue weighted by molar-refractivity contribution is -0.396. The van der Waals surface area contributed by atoms with Crippen LogP contribution in [-0.4, -0.2) is 35.7 Å². The summed E-state index contributed by atoms with van der Waals surface area (Å²) in [6.07, 6.45) is -0.0729. The van der Waals surface area contributed by atoms with Crippen LogP contribution in [0.15, 0.2) is 23.1 Å². The standard InChI is InChI=1S/C9H10N2O7S/c12-4-1-5-19(17,18)9-3-2-7(10(13)14)6-8(9)11(15)16/h2-3,6,12H,1,4-5H2. The van der Waals surface area contributed by atoms with E-state index in [4.69, 9.17) is 5.11 Å². The Morgan fingerprint density at radius 2 is 1.79 bits per heavy atom. The zero-order valence-corrected chi connectivity index (χ0v) is 10.4. The lowest BCUT2D eigenvalue weighted by atomic mass is 10.3. The maximum Gasteiger partial charge on any atom is 0.294 e. The van der Waals surface area contributed by atoms with Crippen molar-refractivity contribution in [1.82, 2.24) is 0 Å². The van der Waals surface area contributed by atoms with Gasteiger partial charge in [0.25, 0.3) is 11.4 Å². The molecule has 1 aromatic carbocycles. The van der Waals surface area contributed by atoms with Gasteiger partial charge in [0, 0.05) is 12.7 Å². The van der Waals surface area contributed by atoms with E-state index >= 15 is 0 Å². The van der Waals surface area contributed by atoms with Crippen LogP contribution < -0.4 is 0 Å². The van der Waals surface area contributed by atoms with Crippen LogP contribution in [0, 0.1) is 20.2 Å². The number of hydrogen-bond acceptors (Lipinski definition) is 7. The molecule has 0 atom stereocenters. The molecule has 0 unspecified atom stereocenters. The quantitative estimate of drug-likeness (QED) is 0.599. The van der Waals surface area contributed by atoms with Crippen molar-refractivity contribution in [2.75, 3.05) is 12.4 Å². The summed E-state index contributed by atoms with van der Waals surface area (Å²) in [6, 6.07) is 2.33. The molecule has 0 radical (unpaired) electrons. The minimum atomic E-state index is -3.96. The third-order valence-corrected chi connectivity index (χ3v) is 4.10. The van der Waals surface area contributed by atoms with Crippen LogP contribution in [0.3, 0.4) is 0 Å². The fourth-order valence-electron chi connectivity index (χ4n) is 1.39. The minimum absolute atomic E-state index is 0.0729. The Labute approximate surface area is 107 Å². The zero-order chi connectivity index (χ0) is 14.6. The minimum Gasteiger partial charge on any atom is -0.396 e. The molecule has 0 spiro atoms. The Morgan fingerprint density at radius 3 is 2.26 bits per heavy atom. The molecule has 0 saturated heterocycles. The molecule has 0 aromatic heterocycles. The van der Waals surface area contributed by atoms with Crippen molar-refractivity contribution >= 4 is 21.2 Å². The second-order valence-corrected chi connectivity index (χ2v) is 5.64. The number of rotatable bonds is 6. The van der Waals surface area contributed by atoms with E-state index < -0.39 is 41.7 Å². The van der Waals surface area contributed by atoms with Gasteiger partial charge < -0.3 is 5.11 Å². The first-order valence-corrected chi connectivity index (χ1v) is 6.71. The Balaban J connectivity index is 3.36. The number of hydrogen-bond donors (Lipinski definition) is 1. The zero-order valence-electron chi connectivity index (χ0n) is 9.55. The van der Waals surface area contributed by atoms with Gasteiger partial charge >= 0.3 is 0 Å². The summed E-state index contributed by atoms with van der Waals surface area (Å²) in [5, 5.41) is 29.9. The topological polar surface area (TPSA) is 141 Å². The number of non-ortho nitro benzene ring substituents is 1. The van der Waals surface area contributed by atoms with Crippen molar-refractivity contribution in [2.24, 2.45) is 0 Å². The van der Waals surface area contributed by atoms with Crippen molar-refractivity contribution in [3.63, 3.8) is 0 Å². The summed E-state index contributed by atoms with van der Waals surface area (Å²) in [5.74, 6) is -0.470. The largest absolute Gasteiger partial charge is 0.396 e. The summed E-state index contributed by atoms with van der Waals surface area (Å²) >= 11 is 0. The molecule has 10 heteroatoms. The van der Waals surface area contributed by atoms with Gasteiger partial charge in [-0.3, -0.25) is 20.2 Å². The van der Waals surface area contributed by atoms with Gasteiger partial charge in [-0.15, -0.1) is 0 Å². The van der Waals surface area contributed by atoms with Crippen LogP contribution in [0.5, 0.6) is 0 Å². The monoisotopic (exact) mass is 290 g/mol. The molecule has 1 N–H and O–H groups in total. The number of aliphatic hydroxyl groups excluding tert-OH is 1. The Morgan fingerprint density at radius 1 is 1.16 bits per heavy atom. The summed E-state index contributed by atoms with van der Waals surface area (Å²) in [4.78, 5) is 18.9. The predicted molar refractivity (Wildman–Crippen MR) is 63.5 cm³/mol. The van der Waals surface area contributed by atoms with Crippen molar-refractivity contribution in [3.05, 3.63) is 38.4 Å². The fourth-order valence-corrected chi connectivity index (χ4v) is 2.85. The SMILES string of the molecule is O=[N+]([O-])c1ccc(S(=O)(=O)CCCO)c([N+](=O)[O-])c1. The maximum absolute atomic E-state index is 11.8. The average molecular weight is 290 g/mol. The number of benzene rings is 1. The molecule has 0 aliphatic heterocycles. The molecule has 104 valence electrons. The van der Waals surface area contributed by atoms with Crippen molar-refractivity contribution in [2.45, 2.75) is 11.3 Å². The third-order valence-electron chi connectivity index (χ3n) is 2.26. The van der Waals surface area contributed by atoms with Gasteiger partial charge in [0.05, 0.1) is 21.7 Å². The van der Waals surface area contributed by atoms with E-state index in [1.807, 2.05) is 0 Å². The third kappa shape index (κ3) is 3.45. The van der Waals surface area contributed by atoms with Gasteiger partial charge in [0.2, 0.25) is 0 Å². The number of aliphatic hydroxyl groups is 1. The van der Waals surface area contributed by atoms with Crippen molar-refractivity contribution in [1.29, 1.82) is 0 Å². The van der Waals surface area contributed by atoms with E-state index in [1.165, 1.54) is 0 Å². The van der Waals surface area contributed by atoms with Gasteiger partial charge in [-0.2, -0.15) is 0 Å². The predicted octanol–water partition coefficient (Wildman–Crippen LogP) is 0.659. The molecule has 0 fully saturated rings. The van der Waals surface area contributed by atoms with Crippen LogP contribution in [0.1, 0.15) is 6.42 Å². The molecular weight excluding hydrogens is 280 g/mol. The highest BCUT2D eigenvalue weighted by Crippen LogP contribution is 2.29. The first kappa shape index (κ1) is 15.0. The van der Waals surface area contributed by atoms with Crippen LogP contribution in [0.2, 0.25) is 0 Å². The van der Waals surface area contributed by atoms with Gasteiger partial charge in [-0.05, 0) is 12.5 Å². The number of nitro benzene ring substituents is 2. The number of nitro groups is 2. The highest BCUT2D eigenvalue weighted by Gasteiger charge is 2.28. The average Bonchev–Trinajstić information content (AvgIpc) is 2.35. The lowest BCUT2D eigenvalue weighted by Gasteiger charge is -2.04. The molecule has 0 aliphatic rings. The normalized spacial score (nSPS) is 11.2. The number of nitrogens with zero attached hydrogens (tertiary/aromatic N) is 2. The van der Waals surface area contributed by atoms with E-state index in [2.05, 4.69) is 0 Å². The highest BCUT2D eigenvalue weighted by molar-refractivity contribution is 7.91. The van der Waals surface area contributed by atoms with Crippen LogP contribution in [-0.2, 0) is 9.84 Å². The van der Waals surface area contributed by atoms with Gasteiger partial charge in [-0.25, -0.2) is 8.42 Å². The number of sulfone groups is 1.